The molecule has 3 rings (SSSR count). The molecule has 1 N–H and O–H groups in total. The summed E-state index contributed by atoms with van der Waals surface area (Å²) in [6.07, 6.45) is 0.957. The fourth-order valence-electron chi connectivity index (χ4n) is 2.98. The molecule has 1 unspecified atom stereocenters. The van der Waals surface area contributed by atoms with E-state index in [1.807, 2.05) is 25.1 Å². The van der Waals surface area contributed by atoms with Gasteiger partial charge in [0, 0.05) is 58.6 Å². The van der Waals surface area contributed by atoms with E-state index in [1.165, 1.54) is 6.07 Å². The molecule has 1 atom stereocenters. The van der Waals surface area contributed by atoms with Gasteiger partial charge in [-0.1, -0.05) is 18.2 Å². The Morgan fingerprint density at radius 1 is 1.16 bits per heavy atom. The van der Waals surface area contributed by atoms with Gasteiger partial charge in [-0.25, -0.2) is 9.37 Å². The molecule has 0 amide bonds. The van der Waals surface area contributed by atoms with Gasteiger partial charge in [-0.3, -0.25) is 4.90 Å². The van der Waals surface area contributed by atoms with Crippen molar-refractivity contribution in [3.63, 3.8) is 0 Å². The number of anilines is 2. The first-order valence-corrected chi connectivity index (χ1v) is 8.45. The molecule has 0 spiro atoms. The summed E-state index contributed by atoms with van der Waals surface area (Å²) in [4.78, 5) is 15.0. The van der Waals surface area contributed by atoms with Crippen molar-refractivity contribution in [1.82, 2.24) is 14.9 Å². The predicted molar refractivity (Wildman–Crippen MR) is 96.4 cm³/mol. The molecule has 0 bridgehead atoms. The number of aliphatic hydroxyl groups excluding tert-OH is 1. The van der Waals surface area contributed by atoms with Crippen LogP contribution in [0.2, 0.25) is 0 Å². The SMILES string of the molecule is CN(C)c1nccc(N2CCN(CC(O)c3ccccc3F)CC2)n1. The molecule has 1 fully saturated rings. The van der Waals surface area contributed by atoms with E-state index < -0.39 is 6.10 Å². The van der Waals surface area contributed by atoms with E-state index in [2.05, 4.69) is 19.8 Å². The van der Waals surface area contributed by atoms with Crippen LogP contribution in [0.4, 0.5) is 16.2 Å². The Labute approximate surface area is 147 Å². The highest BCUT2D eigenvalue weighted by Crippen LogP contribution is 2.20. The highest BCUT2D eigenvalue weighted by Gasteiger charge is 2.22. The third kappa shape index (κ3) is 4.24. The maximum absolute atomic E-state index is 13.8. The second-order valence-corrected chi connectivity index (χ2v) is 6.43. The summed E-state index contributed by atoms with van der Waals surface area (Å²) in [6, 6.07) is 8.32. The lowest BCUT2D eigenvalue weighted by atomic mass is 10.1. The summed E-state index contributed by atoms with van der Waals surface area (Å²) in [5.41, 5.74) is 0.358. The molecule has 1 saturated heterocycles. The smallest absolute Gasteiger partial charge is 0.226 e. The van der Waals surface area contributed by atoms with Crippen LogP contribution in [0.3, 0.4) is 0 Å². The van der Waals surface area contributed by atoms with Gasteiger partial charge in [-0.15, -0.1) is 0 Å². The molecule has 0 saturated carbocycles. The Hall–Kier alpha value is -2.25. The first-order chi connectivity index (χ1) is 12.0. The number of nitrogens with zero attached hydrogens (tertiary/aromatic N) is 5. The van der Waals surface area contributed by atoms with E-state index in [1.54, 1.807) is 24.4 Å². The average Bonchev–Trinajstić information content (AvgIpc) is 2.62. The van der Waals surface area contributed by atoms with Crippen LogP contribution in [0.1, 0.15) is 11.7 Å². The molecular weight excluding hydrogens is 321 g/mol. The van der Waals surface area contributed by atoms with Crippen LogP contribution >= 0.6 is 0 Å². The van der Waals surface area contributed by atoms with Crippen molar-refractivity contribution in [2.45, 2.75) is 6.10 Å². The molecular formula is C18H24FN5O. The van der Waals surface area contributed by atoms with Gasteiger partial charge >= 0.3 is 0 Å². The molecule has 25 heavy (non-hydrogen) atoms. The number of aromatic nitrogens is 2. The largest absolute Gasteiger partial charge is 0.387 e. The number of β-amino-alcohol motifs (C(OH)–C–C–N with tert-alkyl or cyclic N) is 1. The summed E-state index contributed by atoms with van der Waals surface area (Å²) in [5.74, 6) is 1.24. The average molecular weight is 345 g/mol. The number of rotatable bonds is 5. The van der Waals surface area contributed by atoms with Gasteiger partial charge in [0.2, 0.25) is 5.95 Å². The number of benzene rings is 1. The van der Waals surface area contributed by atoms with Gasteiger partial charge in [0.1, 0.15) is 11.6 Å². The first kappa shape index (κ1) is 17.6. The molecule has 0 radical (unpaired) electrons. The molecule has 1 aliphatic rings. The molecule has 7 heteroatoms. The van der Waals surface area contributed by atoms with Crippen LogP contribution in [0.5, 0.6) is 0 Å². The van der Waals surface area contributed by atoms with Crippen molar-refractivity contribution in [2.24, 2.45) is 0 Å². The molecule has 0 aliphatic carbocycles. The molecule has 2 aromatic rings. The molecule has 6 nitrogen and oxygen atoms in total. The Balaban J connectivity index is 1.57. The Bertz CT molecular complexity index is 703. The van der Waals surface area contributed by atoms with E-state index in [0.29, 0.717) is 18.1 Å². The van der Waals surface area contributed by atoms with Crippen molar-refractivity contribution in [2.75, 3.05) is 56.6 Å². The van der Waals surface area contributed by atoms with Crippen LogP contribution < -0.4 is 9.80 Å². The van der Waals surface area contributed by atoms with Crippen LogP contribution in [-0.4, -0.2) is 66.8 Å². The highest BCUT2D eigenvalue weighted by atomic mass is 19.1. The second-order valence-electron chi connectivity index (χ2n) is 6.43. The molecule has 1 aromatic carbocycles. The van der Waals surface area contributed by atoms with E-state index in [0.717, 1.165) is 32.0 Å². The molecule has 134 valence electrons. The van der Waals surface area contributed by atoms with Gasteiger partial charge in [0.05, 0.1) is 6.10 Å². The summed E-state index contributed by atoms with van der Waals surface area (Å²) in [7, 11) is 3.84. The molecule has 2 heterocycles. The van der Waals surface area contributed by atoms with E-state index in [9.17, 15) is 9.50 Å². The fourth-order valence-corrected chi connectivity index (χ4v) is 2.98. The minimum absolute atomic E-state index is 0.356. The van der Waals surface area contributed by atoms with Gasteiger partial charge in [0.25, 0.3) is 0 Å². The Morgan fingerprint density at radius 3 is 2.56 bits per heavy atom. The van der Waals surface area contributed by atoms with Gasteiger partial charge in [-0.05, 0) is 12.1 Å². The van der Waals surface area contributed by atoms with Crippen LogP contribution in [0.15, 0.2) is 36.5 Å². The van der Waals surface area contributed by atoms with E-state index in [-0.39, 0.29) is 5.82 Å². The molecule has 1 aliphatic heterocycles. The van der Waals surface area contributed by atoms with Gasteiger partial charge < -0.3 is 14.9 Å². The number of piperazine rings is 1. The van der Waals surface area contributed by atoms with Crippen molar-refractivity contribution in [1.29, 1.82) is 0 Å². The topological polar surface area (TPSA) is 55.7 Å². The minimum Gasteiger partial charge on any atom is -0.387 e. The van der Waals surface area contributed by atoms with E-state index >= 15 is 0 Å². The van der Waals surface area contributed by atoms with E-state index in [4.69, 9.17) is 0 Å². The number of hydrogen-bond donors (Lipinski definition) is 1. The maximum atomic E-state index is 13.8. The lowest BCUT2D eigenvalue weighted by Crippen LogP contribution is -2.48. The second kappa shape index (κ2) is 7.76. The highest BCUT2D eigenvalue weighted by molar-refractivity contribution is 5.43. The zero-order valence-electron chi connectivity index (χ0n) is 14.6. The zero-order valence-corrected chi connectivity index (χ0v) is 14.6. The van der Waals surface area contributed by atoms with Crippen molar-refractivity contribution in [3.05, 3.63) is 47.9 Å². The van der Waals surface area contributed by atoms with Crippen LogP contribution in [-0.2, 0) is 0 Å². The fraction of sp³-hybridized carbons (Fsp3) is 0.444. The molecule has 1 aromatic heterocycles. The normalized spacial score (nSPS) is 16.7. The lowest BCUT2D eigenvalue weighted by Gasteiger charge is -2.36. The standard InChI is InChI=1S/C18H24FN5O/c1-22(2)18-20-8-7-17(21-18)24-11-9-23(10-12-24)13-16(25)14-5-3-4-6-15(14)19/h3-8,16,25H,9-13H2,1-2H3. The quantitative estimate of drug-likeness (QED) is 0.887. The van der Waals surface area contributed by atoms with Crippen molar-refractivity contribution in [3.8, 4) is 0 Å². The van der Waals surface area contributed by atoms with Crippen molar-refractivity contribution < 1.29 is 9.50 Å². The summed E-state index contributed by atoms with van der Waals surface area (Å²) >= 11 is 0. The zero-order chi connectivity index (χ0) is 17.8. The number of halogens is 1. The maximum Gasteiger partial charge on any atom is 0.226 e. The van der Waals surface area contributed by atoms with Crippen LogP contribution in [0.25, 0.3) is 0 Å². The Kier molecular flexibility index (Phi) is 5.45. The monoisotopic (exact) mass is 345 g/mol. The summed E-state index contributed by atoms with van der Waals surface area (Å²) in [6.45, 7) is 3.66. The van der Waals surface area contributed by atoms with Gasteiger partial charge in [0.15, 0.2) is 0 Å². The first-order valence-electron chi connectivity index (χ1n) is 8.45. The third-order valence-corrected chi connectivity index (χ3v) is 4.42. The predicted octanol–water partition coefficient (Wildman–Crippen LogP) is 1.54. The van der Waals surface area contributed by atoms with Crippen molar-refractivity contribution >= 4 is 11.8 Å². The Morgan fingerprint density at radius 2 is 1.88 bits per heavy atom. The summed E-state index contributed by atoms with van der Waals surface area (Å²) < 4.78 is 13.8. The van der Waals surface area contributed by atoms with Crippen LogP contribution in [0, 0.1) is 5.82 Å². The van der Waals surface area contributed by atoms with Gasteiger partial charge in [-0.2, -0.15) is 4.98 Å². The third-order valence-electron chi connectivity index (χ3n) is 4.42. The minimum atomic E-state index is -0.813. The number of aliphatic hydroxyl groups is 1. The lowest BCUT2D eigenvalue weighted by molar-refractivity contribution is 0.106. The summed E-state index contributed by atoms with van der Waals surface area (Å²) in [5, 5.41) is 10.3. The number of hydrogen-bond acceptors (Lipinski definition) is 6.